The molecule has 26 heavy (non-hydrogen) atoms. The zero-order valence-electron chi connectivity index (χ0n) is 15.3. The van der Waals surface area contributed by atoms with E-state index in [9.17, 15) is 4.39 Å². The van der Waals surface area contributed by atoms with Crippen molar-refractivity contribution in [2.24, 2.45) is 4.99 Å². The lowest BCUT2D eigenvalue weighted by atomic mass is 10.1. The number of nitrogens with zero attached hydrogens (tertiary/aromatic N) is 1. The SMILES string of the molecule is CN=C(NCCCOCCOC)NCCc1c[nH]c2ccc(F)cc12.I. The Labute approximate surface area is 171 Å². The molecule has 8 heteroatoms. The average molecular weight is 478 g/mol. The number of halogens is 2. The Hall–Kier alpha value is -1.39. The smallest absolute Gasteiger partial charge is 0.190 e. The molecule has 0 aliphatic rings. The highest BCUT2D eigenvalue weighted by atomic mass is 127. The van der Waals surface area contributed by atoms with Crippen LogP contribution in [-0.4, -0.2) is 58.0 Å². The van der Waals surface area contributed by atoms with E-state index in [1.807, 2.05) is 6.20 Å². The molecule has 2 aromatic rings. The van der Waals surface area contributed by atoms with Gasteiger partial charge in [0.1, 0.15) is 5.82 Å². The van der Waals surface area contributed by atoms with E-state index in [2.05, 4.69) is 20.6 Å². The number of hydrogen-bond donors (Lipinski definition) is 3. The standard InChI is InChI=1S/C18H27FN4O2.HI/c1-20-18(21-7-3-9-25-11-10-24-2)22-8-6-14-13-23-17-5-4-15(19)12-16(14)17;/h4-5,12-13,23H,3,6-11H2,1-2H3,(H2,20,21,22);1H. The van der Waals surface area contributed by atoms with Crippen LogP contribution in [0.3, 0.4) is 0 Å². The van der Waals surface area contributed by atoms with Crippen molar-refractivity contribution in [1.29, 1.82) is 0 Å². The summed E-state index contributed by atoms with van der Waals surface area (Å²) in [4.78, 5) is 7.36. The summed E-state index contributed by atoms with van der Waals surface area (Å²) < 4.78 is 23.7. The number of methoxy groups -OCH3 is 1. The average Bonchev–Trinajstić information content (AvgIpc) is 3.01. The normalized spacial score (nSPS) is 11.4. The molecule has 0 atom stereocenters. The Morgan fingerprint density at radius 1 is 1.19 bits per heavy atom. The molecule has 1 heterocycles. The maximum atomic E-state index is 13.4. The first-order chi connectivity index (χ1) is 12.2. The minimum atomic E-state index is -0.216. The highest BCUT2D eigenvalue weighted by Gasteiger charge is 2.05. The van der Waals surface area contributed by atoms with E-state index in [0.717, 1.165) is 41.8 Å². The molecular weight excluding hydrogens is 450 g/mol. The van der Waals surface area contributed by atoms with Gasteiger partial charge in [-0.25, -0.2) is 4.39 Å². The van der Waals surface area contributed by atoms with E-state index in [-0.39, 0.29) is 29.8 Å². The van der Waals surface area contributed by atoms with Crippen molar-refractivity contribution in [2.45, 2.75) is 12.8 Å². The molecule has 0 aliphatic heterocycles. The zero-order valence-corrected chi connectivity index (χ0v) is 17.6. The molecule has 0 saturated heterocycles. The van der Waals surface area contributed by atoms with Crippen LogP contribution in [0.4, 0.5) is 4.39 Å². The molecule has 0 bridgehead atoms. The molecule has 1 aromatic heterocycles. The van der Waals surface area contributed by atoms with Crippen molar-refractivity contribution in [3.8, 4) is 0 Å². The van der Waals surface area contributed by atoms with Gasteiger partial charge >= 0.3 is 0 Å². The number of H-pyrrole nitrogens is 1. The number of aromatic amines is 1. The van der Waals surface area contributed by atoms with Gasteiger partial charge in [0.25, 0.3) is 0 Å². The summed E-state index contributed by atoms with van der Waals surface area (Å²) in [6.07, 6.45) is 3.61. The molecule has 0 spiro atoms. The minimum absolute atomic E-state index is 0. The fourth-order valence-corrected chi connectivity index (χ4v) is 2.52. The van der Waals surface area contributed by atoms with Crippen LogP contribution in [0.25, 0.3) is 10.9 Å². The first-order valence-electron chi connectivity index (χ1n) is 8.51. The second kappa shape index (κ2) is 12.9. The largest absolute Gasteiger partial charge is 0.382 e. The van der Waals surface area contributed by atoms with Crippen molar-refractivity contribution in [2.75, 3.05) is 47.1 Å². The van der Waals surface area contributed by atoms with Crippen LogP contribution in [-0.2, 0) is 15.9 Å². The maximum absolute atomic E-state index is 13.4. The summed E-state index contributed by atoms with van der Waals surface area (Å²) >= 11 is 0. The fourth-order valence-electron chi connectivity index (χ4n) is 2.52. The molecular formula is C18H28FIN4O2. The summed E-state index contributed by atoms with van der Waals surface area (Å²) in [5, 5.41) is 7.44. The summed E-state index contributed by atoms with van der Waals surface area (Å²) in [5.74, 6) is 0.536. The van der Waals surface area contributed by atoms with E-state index in [1.54, 1.807) is 26.3 Å². The monoisotopic (exact) mass is 478 g/mol. The Kier molecular flexibility index (Phi) is 11.2. The molecule has 2 rings (SSSR count). The molecule has 0 aliphatic carbocycles. The number of benzene rings is 1. The highest BCUT2D eigenvalue weighted by molar-refractivity contribution is 14.0. The molecule has 0 saturated carbocycles. The molecule has 0 amide bonds. The second-order valence-electron chi connectivity index (χ2n) is 5.64. The molecule has 1 aromatic carbocycles. The zero-order chi connectivity index (χ0) is 17.9. The number of ether oxygens (including phenoxy) is 2. The van der Waals surface area contributed by atoms with Gasteiger partial charge in [-0.1, -0.05) is 0 Å². The van der Waals surface area contributed by atoms with Crippen LogP contribution in [0.2, 0.25) is 0 Å². The van der Waals surface area contributed by atoms with E-state index in [0.29, 0.717) is 26.4 Å². The number of guanidine groups is 1. The van der Waals surface area contributed by atoms with Gasteiger partial charge < -0.3 is 25.1 Å². The van der Waals surface area contributed by atoms with Gasteiger partial charge in [0.2, 0.25) is 0 Å². The Morgan fingerprint density at radius 3 is 2.77 bits per heavy atom. The second-order valence-corrected chi connectivity index (χ2v) is 5.64. The maximum Gasteiger partial charge on any atom is 0.190 e. The number of fused-ring (bicyclic) bond motifs is 1. The van der Waals surface area contributed by atoms with E-state index >= 15 is 0 Å². The lowest BCUT2D eigenvalue weighted by Gasteiger charge is -2.11. The Morgan fingerprint density at radius 2 is 2.00 bits per heavy atom. The number of aromatic nitrogens is 1. The summed E-state index contributed by atoms with van der Waals surface area (Å²) in [6.45, 7) is 3.43. The molecule has 146 valence electrons. The lowest BCUT2D eigenvalue weighted by molar-refractivity contribution is 0.0698. The van der Waals surface area contributed by atoms with E-state index in [1.165, 1.54) is 6.07 Å². The summed E-state index contributed by atoms with van der Waals surface area (Å²) in [6, 6.07) is 4.79. The first kappa shape index (κ1) is 22.7. The van der Waals surface area contributed by atoms with Gasteiger partial charge in [0.05, 0.1) is 13.2 Å². The topological polar surface area (TPSA) is 70.7 Å². The predicted molar refractivity (Wildman–Crippen MR) is 114 cm³/mol. The third-order valence-corrected chi connectivity index (χ3v) is 3.83. The Bertz CT molecular complexity index is 678. The number of rotatable bonds is 10. The van der Waals surface area contributed by atoms with Gasteiger partial charge in [-0.2, -0.15) is 0 Å². The van der Waals surface area contributed by atoms with Crippen molar-refractivity contribution >= 4 is 40.8 Å². The molecule has 6 nitrogen and oxygen atoms in total. The molecule has 0 unspecified atom stereocenters. The van der Waals surface area contributed by atoms with Gasteiger partial charge in [-0.3, -0.25) is 4.99 Å². The van der Waals surface area contributed by atoms with Crippen LogP contribution in [0.15, 0.2) is 29.4 Å². The summed E-state index contributed by atoms with van der Waals surface area (Å²) in [7, 11) is 3.40. The van der Waals surface area contributed by atoms with Crippen molar-refractivity contribution < 1.29 is 13.9 Å². The number of nitrogens with one attached hydrogen (secondary N) is 3. The number of hydrogen-bond acceptors (Lipinski definition) is 3. The van der Waals surface area contributed by atoms with Gasteiger partial charge in [-0.15, -0.1) is 24.0 Å². The molecule has 3 N–H and O–H groups in total. The van der Waals surface area contributed by atoms with Crippen LogP contribution in [0, 0.1) is 5.82 Å². The van der Waals surface area contributed by atoms with Crippen molar-refractivity contribution in [3.63, 3.8) is 0 Å². The molecule has 0 fully saturated rings. The van der Waals surface area contributed by atoms with Crippen LogP contribution < -0.4 is 10.6 Å². The minimum Gasteiger partial charge on any atom is -0.382 e. The number of aliphatic imine (C=N–C) groups is 1. The first-order valence-corrected chi connectivity index (χ1v) is 8.51. The van der Waals surface area contributed by atoms with E-state index in [4.69, 9.17) is 9.47 Å². The summed E-state index contributed by atoms with van der Waals surface area (Å²) in [5.41, 5.74) is 2.04. The van der Waals surface area contributed by atoms with E-state index < -0.39 is 0 Å². The third kappa shape index (κ3) is 7.46. The van der Waals surface area contributed by atoms with Crippen LogP contribution in [0.1, 0.15) is 12.0 Å². The van der Waals surface area contributed by atoms with Crippen LogP contribution >= 0.6 is 24.0 Å². The lowest BCUT2D eigenvalue weighted by Crippen LogP contribution is -2.39. The quantitative estimate of drug-likeness (QED) is 0.213. The van der Waals surface area contributed by atoms with Crippen LogP contribution in [0.5, 0.6) is 0 Å². The Balaban J connectivity index is 0.00000338. The molecule has 0 radical (unpaired) electrons. The van der Waals surface area contributed by atoms with Gasteiger partial charge in [0, 0.05) is 51.0 Å². The fraction of sp³-hybridized carbons (Fsp3) is 0.500. The third-order valence-electron chi connectivity index (χ3n) is 3.83. The van der Waals surface area contributed by atoms with Gasteiger partial charge in [0.15, 0.2) is 5.96 Å². The predicted octanol–water partition coefficient (Wildman–Crippen LogP) is 2.69. The van der Waals surface area contributed by atoms with Crippen molar-refractivity contribution in [3.05, 3.63) is 35.8 Å². The highest BCUT2D eigenvalue weighted by Crippen LogP contribution is 2.19. The van der Waals surface area contributed by atoms with Gasteiger partial charge in [-0.05, 0) is 36.6 Å². The van der Waals surface area contributed by atoms with Crippen molar-refractivity contribution in [1.82, 2.24) is 15.6 Å².